The van der Waals surface area contributed by atoms with E-state index in [4.69, 9.17) is 4.74 Å². The van der Waals surface area contributed by atoms with E-state index >= 15 is 0 Å². The van der Waals surface area contributed by atoms with Crippen LogP contribution in [-0.4, -0.2) is 13.5 Å². The molecule has 0 bridgehead atoms. The van der Waals surface area contributed by atoms with Gasteiger partial charge in [-0.05, 0) is 42.9 Å². The molecule has 2 unspecified atom stereocenters. The van der Waals surface area contributed by atoms with E-state index in [0.29, 0.717) is 18.1 Å². The van der Waals surface area contributed by atoms with Crippen molar-refractivity contribution in [2.75, 3.05) is 13.5 Å². The number of ether oxygens (including phenoxy) is 2. The standard InChI is InChI=1S/C15H19F3O2/c1-2-3-10-4-5-14(19-8-10)11-6-12(17)15(20-9-16)13(18)7-11/h6-7,10,14H,2-5,8-9H2,1H3. The molecule has 5 heteroatoms. The molecule has 0 amide bonds. The molecule has 2 rings (SSSR count). The van der Waals surface area contributed by atoms with Gasteiger partial charge in [0.15, 0.2) is 17.4 Å². The molecular weight excluding hydrogens is 269 g/mol. The Morgan fingerprint density at radius 1 is 1.25 bits per heavy atom. The third-order valence-corrected chi connectivity index (χ3v) is 3.66. The third-order valence-electron chi connectivity index (χ3n) is 3.66. The van der Waals surface area contributed by atoms with Gasteiger partial charge in [0.05, 0.1) is 12.7 Å². The highest BCUT2D eigenvalue weighted by Crippen LogP contribution is 2.35. The summed E-state index contributed by atoms with van der Waals surface area (Å²) in [7, 11) is 0. The van der Waals surface area contributed by atoms with Crippen LogP contribution in [0.5, 0.6) is 5.75 Å². The first kappa shape index (κ1) is 15.2. The average molecular weight is 288 g/mol. The van der Waals surface area contributed by atoms with Crippen molar-refractivity contribution in [1.29, 1.82) is 0 Å². The summed E-state index contributed by atoms with van der Waals surface area (Å²) in [6.45, 7) is 1.48. The Morgan fingerprint density at radius 2 is 1.95 bits per heavy atom. The number of benzene rings is 1. The van der Waals surface area contributed by atoms with Crippen molar-refractivity contribution >= 4 is 0 Å². The van der Waals surface area contributed by atoms with Gasteiger partial charge in [-0.3, -0.25) is 0 Å². The van der Waals surface area contributed by atoms with Crippen LogP contribution in [0.1, 0.15) is 44.3 Å². The smallest absolute Gasteiger partial charge is 0.228 e. The van der Waals surface area contributed by atoms with E-state index in [1.54, 1.807) is 0 Å². The van der Waals surface area contributed by atoms with E-state index in [9.17, 15) is 13.2 Å². The molecule has 2 nitrogen and oxygen atoms in total. The molecule has 1 saturated heterocycles. The van der Waals surface area contributed by atoms with Gasteiger partial charge in [0.1, 0.15) is 0 Å². The van der Waals surface area contributed by atoms with E-state index in [0.717, 1.165) is 25.7 Å². The second-order valence-electron chi connectivity index (χ2n) is 5.12. The fraction of sp³-hybridized carbons (Fsp3) is 0.600. The van der Waals surface area contributed by atoms with Gasteiger partial charge in [0.25, 0.3) is 0 Å². The van der Waals surface area contributed by atoms with Gasteiger partial charge in [-0.25, -0.2) is 13.2 Å². The minimum absolute atomic E-state index is 0.300. The maximum Gasteiger partial charge on any atom is 0.228 e. The largest absolute Gasteiger partial charge is 0.457 e. The van der Waals surface area contributed by atoms with E-state index in [1.165, 1.54) is 12.1 Å². The van der Waals surface area contributed by atoms with E-state index in [2.05, 4.69) is 11.7 Å². The third kappa shape index (κ3) is 3.45. The summed E-state index contributed by atoms with van der Waals surface area (Å²) in [5.41, 5.74) is 0.446. The molecule has 0 aliphatic carbocycles. The number of alkyl halides is 1. The quantitative estimate of drug-likeness (QED) is 0.792. The molecule has 1 aliphatic rings. The Kier molecular flexibility index (Phi) is 5.29. The van der Waals surface area contributed by atoms with Crippen molar-refractivity contribution in [3.05, 3.63) is 29.3 Å². The first-order valence-corrected chi connectivity index (χ1v) is 6.95. The topological polar surface area (TPSA) is 18.5 Å². The van der Waals surface area contributed by atoms with E-state index < -0.39 is 24.2 Å². The number of hydrogen-bond acceptors (Lipinski definition) is 2. The first-order valence-electron chi connectivity index (χ1n) is 6.95. The van der Waals surface area contributed by atoms with E-state index in [1.807, 2.05) is 0 Å². The molecular formula is C15H19F3O2. The molecule has 1 heterocycles. The Hall–Kier alpha value is -1.23. The lowest BCUT2D eigenvalue weighted by Crippen LogP contribution is -2.20. The van der Waals surface area contributed by atoms with Gasteiger partial charge in [-0.1, -0.05) is 13.3 Å². The van der Waals surface area contributed by atoms with Crippen molar-refractivity contribution in [1.82, 2.24) is 0 Å². The summed E-state index contributed by atoms with van der Waals surface area (Å²) in [4.78, 5) is 0. The zero-order valence-corrected chi connectivity index (χ0v) is 11.5. The Labute approximate surface area is 116 Å². The lowest BCUT2D eigenvalue weighted by molar-refractivity contribution is -0.0198. The molecule has 0 saturated carbocycles. The molecule has 0 spiro atoms. The zero-order valence-electron chi connectivity index (χ0n) is 11.5. The van der Waals surface area contributed by atoms with Gasteiger partial charge in [-0.2, -0.15) is 0 Å². The van der Waals surface area contributed by atoms with Crippen LogP contribution in [0.15, 0.2) is 12.1 Å². The Balaban J connectivity index is 2.07. The van der Waals surface area contributed by atoms with Crippen molar-refractivity contribution < 1.29 is 22.6 Å². The molecule has 1 aromatic carbocycles. The second-order valence-corrected chi connectivity index (χ2v) is 5.12. The zero-order chi connectivity index (χ0) is 14.5. The molecule has 2 atom stereocenters. The minimum Gasteiger partial charge on any atom is -0.457 e. The summed E-state index contributed by atoms with van der Waals surface area (Å²) >= 11 is 0. The molecule has 0 aromatic heterocycles. The molecule has 1 fully saturated rings. The molecule has 20 heavy (non-hydrogen) atoms. The Morgan fingerprint density at radius 3 is 2.45 bits per heavy atom. The number of hydrogen-bond donors (Lipinski definition) is 0. The van der Waals surface area contributed by atoms with Crippen LogP contribution in [-0.2, 0) is 4.74 Å². The van der Waals surface area contributed by atoms with Crippen LogP contribution in [0.4, 0.5) is 13.2 Å². The van der Waals surface area contributed by atoms with Crippen LogP contribution < -0.4 is 4.74 Å². The minimum atomic E-state index is -1.26. The summed E-state index contributed by atoms with van der Waals surface area (Å²) in [6, 6.07) is 2.33. The molecule has 0 N–H and O–H groups in total. The predicted octanol–water partition coefficient (Wildman–Crippen LogP) is 4.54. The maximum absolute atomic E-state index is 13.7. The second kappa shape index (κ2) is 6.97. The lowest BCUT2D eigenvalue weighted by Gasteiger charge is -2.29. The monoisotopic (exact) mass is 288 g/mol. The predicted molar refractivity (Wildman–Crippen MR) is 69.3 cm³/mol. The molecule has 0 radical (unpaired) electrons. The highest BCUT2D eigenvalue weighted by molar-refractivity contribution is 5.32. The van der Waals surface area contributed by atoms with Crippen molar-refractivity contribution in [2.24, 2.45) is 5.92 Å². The van der Waals surface area contributed by atoms with Gasteiger partial charge >= 0.3 is 0 Å². The fourth-order valence-electron chi connectivity index (χ4n) is 2.66. The highest BCUT2D eigenvalue weighted by Gasteiger charge is 2.24. The maximum atomic E-state index is 13.7. The van der Waals surface area contributed by atoms with Crippen LogP contribution >= 0.6 is 0 Å². The van der Waals surface area contributed by atoms with Gasteiger partial charge in [0, 0.05) is 0 Å². The summed E-state index contributed by atoms with van der Waals surface area (Å²) in [5, 5.41) is 0. The Bertz CT molecular complexity index is 420. The normalized spacial score (nSPS) is 22.8. The first-order chi connectivity index (χ1) is 9.65. The number of halogens is 3. The van der Waals surface area contributed by atoms with Gasteiger partial charge < -0.3 is 9.47 Å². The molecule has 1 aromatic rings. The highest BCUT2D eigenvalue weighted by atomic mass is 19.1. The fourth-order valence-corrected chi connectivity index (χ4v) is 2.66. The molecule has 1 aliphatic heterocycles. The van der Waals surface area contributed by atoms with Gasteiger partial charge in [-0.15, -0.1) is 0 Å². The van der Waals surface area contributed by atoms with Crippen molar-refractivity contribution in [3.8, 4) is 5.75 Å². The summed E-state index contributed by atoms with van der Waals surface area (Å²) < 4.78 is 49.3. The van der Waals surface area contributed by atoms with Crippen LogP contribution in [0.3, 0.4) is 0 Å². The van der Waals surface area contributed by atoms with Gasteiger partial charge in [0.2, 0.25) is 6.86 Å². The van der Waals surface area contributed by atoms with Crippen LogP contribution in [0.2, 0.25) is 0 Å². The lowest BCUT2D eigenvalue weighted by atomic mass is 9.92. The van der Waals surface area contributed by atoms with Crippen molar-refractivity contribution in [3.63, 3.8) is 0 Å². The molecule has 112 valence electrons. The summed E-state index contributed by atoms with van der Waals surface area (Å²) in [5.74, 6) is -1.93. The van der Waals surface area contributed by atoms with Crippen LogP contribution in [0.25, 0.3) is 0 Å². The van der Waals surface area contributed by atoms with Crippen LogP contribution in [0, 0.1) is 17.6 Å². The van der Waals surface area contributed by atoms with Crippen molar-refractivity contribution in [2.45, 2.75) is 38.7 Å². The van der Waals surface area contributed by atoms with E-state index in [-0.39, 0.29) is 6.10 Å². The SMILES string of the molecule is CCCC1CCC(c2cc(F)c(OCF)c(F)c2)OC1. The average Bonchev–Trinajstić information content (AvgIpc) is 2.44. The number of rotatable bonds is 5. The summed E-state index contributed by atoms with van der Waals surface area (Å²) in [6.07, 6.45) is 3.65.